The quantitative estimate of drug-likeness (QED) is 0.580. The second kappa shape index (κ2) is 10.4. The minimum atomic E-state index is 0.130. The molecule has 0 amide bonds. The number of hydrogen-bond donors (Lipinski definition) is 1. The molecule has 0 radical (unpaired) electrons. The molecule has 0 fully saturated rings. The standard InChI is InChI=1S/C19H29NO/c1-4-5-7-13-20(17(2)3)16-19-12-9-11-18(15-19)10-6-8-14-21/h9,11-12,15,17,21H,4-5,7-8,13-14,16H2,1-3H3. The van der Waals surface area contributed by atoms with E-state index in [4.69, 9.17) is 5.11 Å². The summed E-state index contributed by atoms with van der Waals surface area (Å²) in [6.45, 7) is 9.04. The zero-order chi connectivity index (χ0) is 15.5. The van der Waals surface area contributed by atoms with Crippen LogP contribution in [0.3, 0.4) is 0 Å². The molecule has 0 bridgehead atoms. The average molecular weight is 287 g/mol. The van der Waals surface area contributed by atoms with Gasteiger partial charge in [0.2, 0.25) is 0 Å². The van der Waals surface area contributed by atoms with Gasteiger partial charge in [-0.05, 0) is 44.5 Å². The topological polar surface area (TPSA) is 23.5 Å². The highest BCUT2D eigenvalue weighted by Crippen LogP contribution is 2.12. The molecule has 0 spiro atoms. The molecule has 0 heterocycles. The van der Waals surface area contributed by atoms with Crippen LogP contribution in [-0.4, -0.2) is 29.2 Å². The fraction of sp³-hybridized carbons (Fsp3) is 0.579. The van der Waals surface area contributed by atoms with Gasteiger partial charge < -0.3 is 5.11 Å². The Balaban J connectivity index is 2.66. The lowest BCUT2D eigenvalue weighted by Gasteiger charge is -2.26. The minimum absolute atomic E-state index is 0.130. The van der Waals surface area contributed by atoms with Crippen LogP contribution in [0, 0.1) is 11.8 Å². The van der Waals surface area contributed by atoms with Crippen LogP contribution in [-0.2, 0) is 6.54 Å². The normalized spacial score (nSPS) is 10.8. The molecule has 1 aromatic carbocycles. The Hall–Kier alpha value is -1.30. The van der Waals surface area contributed by atoms with E-state index in [1.54, 1.807) is 0 Å². The van der Waals surface area contributed by atoms with Crippen molar-refractivity contribution in [1.29, 1.82) is 0 Å². The first-order valence-electron chi connectivity index (χ1n) is 8.10. The summed E-state index contributed by atoms with van der Waals surface area (Å²) >= 11 is 0. The lowest BCUT2D eigenvalue weighted by molar-refractivity contribution is 0.208. The maximum absolute atomic E-state index is 8.77. The molecule has 2 heteroatoms. The third kappa shape index (κ3) is 7.32. The van der Waals surface area contributed by atoms with Gasteiger partial charge in [0.05, 0.1) is 6.61 Å². The Morgan fingerprint density at radius 2 is 2.05 bits per heavy atom. The molecule has 0 aliphatic rings. The molecule has 116 valence electrons. The van der Waals surface area contributed by atoms with Crippen molar-refractivity contribution >= 4 is 0 Å². The van der Waals surface area contributed by atoms with E-state index in [0.29, 0.717) is 12.5 Å². The summed E-state index contributed by atoms with van der Waals surface area (Å²) in [6.07, 6.45) is 4.38. The molecule has 0 aliphatic carbocycles. The first kappa shape index (κ1) is 17.8. The molecule has 0 aliphatic heterocycles. The Labute approximate surface area is 130 Å². The molecule has 0 atom stereocenters. The van der Waals surface area contributed by atoms with E-state index in [1.807, 2.05) is 6.07 Å². The van der Waals surface area contributed by atoms with Gasteiger partial charge in [0.1, 0.15) is 0 Å². The lowest BCUT2D eigenvalue weighted by Crippen LogP contribution is -2.31. The van der Waals surface area contributed by atoms with Crippen LogP contribution in [0.1, 0.15) is 57.6 Å². The van der Waals surface area contributed by atoms with E-state index in [-0.39, 0.29) is 6.61 Å². The van der Waals surface area contributed by atoms with Gasteiger partial charge in [-0.15, -0.1) is 0 Å². The highest BCUT2D eigenvalue weighted by atomic mass is 16.2. The second-order valence-corrected chi connectivity index (χ2v) is 5.75. The van der Waals surface area contributed by atoms with Crippen LogP contribution in [0.25, 0.3) is 0 Å². The Morgan fingerprint density at radius 1 is 1.24 bits per heavy atom. The Kier molecular flexibility index (Phi) is 8.82. The van der Waals surface area contributed by atoms with Crippen molar-refractivity contribution in [2.24, 2.45) is 0 Å². The smallest absolute Gasteiger partial charge is 0.0540 e. The van der Waals surface area contributed by atoms with E-state index in [9.17, 15) is 0 Å². The van der Waals surface area contributed by atoms with Crippen LogP contribution in [0.5, 0.6) is 0 Å². The summed E-state index contributed by atoms with van der Waals surface area (Å²) in [5, 5.41) is 8.77. The van der Waals surface area contributed by atoms with E-state index in [1.165, 1.54) is 24.8 Å². The number of aliphatic hydroxyl groups excluding tert-OH is 1. The maximum Gasteiger partial charge on any atom is 0.0540 e. The molecule has 0 saturated heterocycles. The zero-order valence-corrected chi connectivity index (χ0v) is 13.7. The molecule has 0 aromatic heterocycles. The third-order valence-corrected chi connectivity index (χ3v) is 3.56. The van der Waals surface area contributed by atoms with Crippen LogP contribution >= 0.6 is 0 Å². The van der Waals surface area contributed by atoms with Crippen molar-refractivity contribution in [3.8, 4) is 11.8 Å². The van der Waals surface area contributed by atoms with Gasteiger partial charge in [0.15, 0.2) is 0 Å². The molecule has 1 rings (SSSR count). The molecule has 2 nitrogen and oxygen atoms in total. The molecule has 1 aromatic rings. The van der Waals surface area contributed by atoms with Gasteiger partial charge in [-0.2, -0.15) is 0 Å². The van der Waals surface area contributed by atoms with Crippen molar-refractivity contribution in [2.75, 3.05) is 13.2 Å². The first-order valence-corrected chi connectivity index (χ1v) is 8.10. The molecular weight excluding hydrogens is 258 g/mol. The van der Waals surface area contributed by atoms with Gasteiger partial charge in [0.25, 0.3) is 0 Å². The first-order chi connectivity index (χ1) is 10.2. The van der Waals surface area contributed by atoms with Gasteiger partial charge in [-0.3, -0.25) is 4.90 Å². The van der Waals surface area contributed by atoms with Crippen molar-refractivity contribution < 1.29 is 5.11 Å². The highest BCUT2D eigenvalue weighted by molar-refractivity contribution is 5.37. The maximum atomic E-state index is 8.77. The van der Waals surface area contributed by atoms with E-state index < -0.39 is 0 Å². The fourth-order valence-electron chi connectivity index (χ4n) is 2.29. The van der Waals surface area contributed by atoms with E-state index >= 15 is 0 Å². The fourth-order valence-corrected chi connectivity index (χ4v) is 2.29. The van der Waals surface area contributed by atoms with Gasteiger partial charge >= 0.3 is 0 Å². The summed E-state index contributed by atoms with van der Waals surface area (Å²) in [7, 11) is 0. The van der Waals surface area contributed by atoms with Crippen molar-refractivity contribution in [3.05, 3.63) is 35.4 Å². The number of hydrogen-bond acceptors (Lipinski definition) is 2. The van der Waals surface area contributed by atoms with Crippen LogP contribution in [0.15, 0.2) is 24.3 Å². The molecular formula is C19H29NO. The van der Waals surface area contributed by atoms with Gasteiger partial charge in [-0.25, -0.2) is 0 Å². The van der Waals surface area contributed by atoms with Crippen LogP contribution in [0.2, 0.25) is 0 Å². The SMILES string of the molecule is CCCCCN(Cc1cccc(C#CCCO)c1)C(C)C. The van der Waals surface area contributed by atoms with E-state index in [2.05, 4.69) is 55.7 Å². The number of benzene rings is 1. The molecule has 0 saturated carbocycles. The molecule has 1 N–H and O–H groups in total. The number of nitrogens with zero attached hydrogens (tertiary/aromatic N) is 1. The summed E-state index contributed by atoms with van der Waals surface area (Å²) in [5.41, 5.74) is 2.36. The van der Waals surface area contributed by atoms with Crippen LogP contribution < -0.4 is 0 Å². The summed E-state index contributed by atoms with van der Waals surface area (Å²) < 4.78 is 0. The van der Waals surface area contributed by atoms with E-state index in [0.717, 1.165) is 18.7 Å². The van der Waals surface area contributed by atoms with Crippen molar-refractivity contribution in [2.45, 2.75) is 59.0 Å². The van der Waals surface area contributed by atoms with Crippen molar-refractivity contribution in [1.82, 2.24) is 4.90 Å². The summed E-state index contributed by atoms with van der Waals surface area (Å²) in [6, 6.07) is 9.01. The summed E-state index contributed by atoms with van der Waals surface area (Å²) in [5.74, 6) is 6.10. The number of aliphatic hydroxyl groups is 1. The van der Waals surface area contributed by atoms with Gasteiger partial charge in [-0.1, -0.05) is 43.7 Å². The number of unbranched alkanes of at least 4 members (excludes halogenated alkanes) is 2. The average Bonchev–Trinajstić information content (AvgIpc) is 2.47. The van der Waals surface area contributed by atoms with Crippen LogP contribution in [0.4, 0.5) is 0 Å². The Bertz CT molecular complexity index is 456. The van der Waals surface area contributed by atoms with Crippen molar-refractivity contribution in [3.63, 3.8) is 0 Å². The monoisotopic (exact) mass is 287 g/mol. The molecule has 21 heavy (non-hydrogen) atoms. The lowest BCUT2D eigenvalue weighted by atomic mass is 10.1. The predicted octanol–water partition coefficient (Wildman–Crippen LogP) is 3.82. The van der Waals surface area contributed by atoms with Gasteiger partial charge in [0, 0.05) is 24.6 Å². The second-order valence-electron chi connectivity index (χ2n) is 5.75. The third-order valence-electron chi connectivity index (χ3n) is 3.56. The zero-order valence-electron chi connectivity index (χ0n) is 13.7. The largest absolute Gasteiger partial charge is 0.395 e. The number of rotatable bonds is 8. The Morgan fingerprint density at radius 3 is 2.71 bits per heavy atom. The minimum Gasteiger partial charge on any atom is -0.395 e. The molecule has 0 unspecified atom stereocenters. The highest BCUT2D eigenvalue weighted by Gasteiger charge is 2.09. The summed E-state index contributed by atoms with van der Waals surface area (Å²) in [4.78, 5) is 2.52. The predicted molar refractivity (Wildman–Crippen MR) is 90.1 cm³/mol.